The summed E-state index contributed by atoms with van der Waals surface area (Å²) in [4.78, 5) is 4.99. The lowest BCUT2D eigenvalue weighted by Crippen LogP contribution is -2.02. The van der Waals surface area contributed by atoms with Crippen LogP contribution in [-0.4, -0.2) is 19.2 Å². The van der Waals surface area contributed by atoms with Gasteiger partial charge in [0.15, 0.2) is 9.84 Å². The highest BCUT2D eigenvalue weighted by Gasteiger charge is 2.14. The maximum absolute atomic E-state index is 12.0. The third-order valence-electron chi connectivity index (χ3n) is 4.09. The van der Waals surface area contributed by atoms with Crippen molar-refractivity contribution < 1.29 is 8.42 Å². The molecule has 24 heavy (non-hydrogen) atoms. The Labute approximate surface area is 144 Å². The molecule has 0 aliphatic carbocycles. The summed E-state index contributed by atoms with van der Waals surface area (Å²) in [5, 5.41) is 3.27. The van der Waals surface area contributed by atoms with Gasteiger partial charge in [-0.1, -0.05) is 43.3 Å². The van der Waals surface area contributed by atoms with E-state index in [0.717, 1.165) is 20.8 Å². The van der Waals surface area contributed by atoms with Crippen LogP contribution < -0.4 is 0 Å². The summed E-state index contributed by atoms with van der Waals surface area (Å²) in [7, 11) is -3.21. The summed E-state index contributed by atoms with van der Waals surface area (Å²) in [6, 6.07) is 19.7. The van der Waals surface area contributed by atoms with E-state index in [1.54, 1.807) is 30.4 Å². The van der Waals surface area contributed by atoms with E-state index in [9.17, 15) is 8.42 Å². The standard InChI is InChI=1S/C19H15NO2S2/c1-2-24(21,22)16-9-10-18-17(12-16)20-19(23-18)15-8-7-13-5-3-4-6-14(13)11-15/h3-12H,2H2,1H3. The van der Waals surface area contributed by atoms with Crippen LogP contribution in [0.15, 0.2) is 65.6 Å². The van der Waals surface area contributed by atoms with Crippen molar-refractivity contribution in [2.24, 2.45) is 0 Å². The normalized spacial score (nSPS) is 12.0. The van der Waals surface area contributed by atoms with Crippen LogP contribution in [0.1, 0.15) is 6.92 Å². The average molecular weight is 353 g/mol. The Morgan fingerprint density at radius 1 is 0.958 bits per heavy atom. The topological polar surface area (TPSA) is 47.0 Å². The third-order valence-corrected chi connectivity index (χ3v) is 6.91. The number of hydrogen-bond donors (Lipinski definition) is 0. The van der Waals surface area contributed by atoms with Crippen molar-refractivity contribution in [1.29, 1.82) is 0 Å². The zero-order valence-corrected chi connectivity index (χ0v) is 14.7. The molecule has 0 fully saturated rings. The first-order valence-corrected chi connectivity index (χ1v) is 10.2. The van der Waals surface area contributed by atoms with Crippen molar-refractivity contribution in [3.05, 3.63) is 60.7 Å². The fourth-order valence-electron chi connectivity index (χ4n) is 2.71. The summed E-state index contributed by atoms with van der Waals surface area (Å²) >= 11 is 1.58. The highest BCUT2D eigenvalue weighted by molar-refractivity contribution is 7.91. The lowest BCUT2D eigenvalue weighted by atomic mass is 10.1. The molecule has 3 nitrogen and oxygen atoms in total. The predicted octanol–water partition coefficient (Wildman–Crippen LogP) is 4.91. The van der Waals surface area contributed by atoms with Crippen molar-refractivity contribution in [3.63, 3.8) is 0 Å². The molecule has 0 spiro atoms. The summed E-state index contributed by atoms with van der Waals surface area (Å²) in [6.07, 6.45) is 0. The molecule has 0 unspecified atom stereocenters. The minimum Gasteiger partial charge on any atom is -0.236 e. The van der Waals surface area contributed by atoms with E-state index in [2.05, 4.69) is 35.3 Å². The van der Waals surface area contributed by atoms with Gasteiger partial charge in [0.2, 0.25) is 0 Å². The zero-order chi connectivity index (χ0) is 16.7. The van der Waals surface area contributed by atoms with Crippen LogP contribution in [0.2, 0.25) is 0 Å². The number of fused-ring (bicyclic) bond motifs is 2. The number of nitrogens with zero attached hydrogens (tertiary/aromatic N) is 1. The molecule has 0 saturated carbocycles. The van der Waals surface area contributed by atoms with E-state index < -0.39 is 9.84 Å². The lowest BCUT2D eigenvalue weighted by Gasteiger charge is -2.00. The lowest BCUT2D eigenvalue weighted by molar-refractivity contribution is 0.597. The molecule has 0 N–H and O–H groups in total. The van der Waals surface area contributed by atoms with Crippen LogP contribution in [0.5, 0.6) is 0 Å². The molecule has 0 aliphatic heterocycles. The fraction of sp³-hybridized carbons (Fsp3) is 0.105. The average Bonchev–Trinajstić information content (AvgIpc) is 3.04. The summed E-state index contributed by atoms with van der Waals surface area (Å²) < 4.78 is 25.1. The van der Waals surface area contributed by atoms with Crippen molar-refractivity contribution >= 4 is 42.2 Å². The maximum Gasteiger partial charge on any atom is 0.178 e. The Balaban J connectivity index is 1.84. The molecule has 5 heteroatoms. The van der Waals surface area contributed by atoms with Gasteiger partial charge in [-0.25, -0.2) is 13.4 Å². The van der Waals surface area contributed by atoms with E-state index in [4.69, 9.17) is 0 Å². The van der Waals surface area contributed by atoms with Gasteiger partial charge in [0.05, 0.1) is 20.9 Å². The van der Waals surface area contributed by atoms with Gasteiger partial charge in [0.1, 0.15) is 5.01 Å². The molecule has 0 amide bonds. The van der Waals surface area contributed by atoms with Crippen molar-refractivity contribution in [1.82, 2.24) is 4.98 Å². The second-order valence-corrected chi connectivity index (χ2v) is 8.92. The van der Waals surface area contributed by atoms with E-state index >= 15 is 0 Å². The molecule has 4 aromatic rings. The molecule has 0 saturated heterocycles. The van der Waals surface area contributed by atoms with E-state index in [0.29, 0.717) is 4.90 Å². The van der Waals surface area contributed by atoms with Gasteiger partial charge < -0.3 is 0 Å². The number of thiazole rings is 1. The molecular weight excluding hydrogens is 338 g/mol. The summed E-state index contributed by atoms with van der Waals surface area (Å²) in [6.45, 7) is 1.65. The van der Waals surface area contributed by atoms with Crippen LogP contribution in [0, 0.1) is 0 Å². The number of rotatable bonds is 3. The zero-order valence-electron chi connectivity index (χ0n) is 13.1. The van der Waals surface area contributed by atoms with Crippen LogP contribution in [0.3, 0.4) is 0 Å². The van der Waals surface area contributed by atoms with Gasteiger partial charge >= 0.3 is 0 Å². The smallest absolute Gasteiger partial charge is 0.178 e. The second kappa shape index (κ2) is 5.69. The van der Waals surface area contributed by atoms with Gasteiger partial charge in [-0.2, -0.15) is 0 Å². The fourth-order valence-corrected chi connectivity index (χ4v) is 4.56. The monoisotopic (exact) mass is 353 g/mol. The first-order chi connectivity index (χ1) is 11.6. The number of aromatic nitrogens is 1. The minimum atomic E-state index is -3.21. The molecule has 0 aliphatic rings. The van der Waals surface area contributed by atoms with E-state index in [-0.39, 0.29) is 5.75 Å². The molecule has 1 heterocycles. The molecule has 0 atom stereocenters. The highest BCUT2D eigenvalue weighted by atomic mass is 32.2. The van der Waals surface area contributed by atoms with Gasteiger partial charge in [0.25, 0.3) is 0 Å². The van der Waals surface area contributed by atoms with Crippen LogP contribution in [0.4, 0.5) is 0 Å². The first kappa shape index (κ1) is 15.3. The van der Waals surface area contributed by atoms with Gasteiger partial charge in [-0.15, -0.1) is 11.3 Å². The molecule has 120 valence electrons. The molecule has 0 radical (unpaired) electrons. The number of benzene rings is 3. The van der Waals surface area contributed by atoms with Crippen molar-refractivity contribution in [2.45, 2.75) is 11.8 Å². The van der Waals surface area contributed by atoms with Crippen molar-refractivity contribution in [3.8, 4) is 10.6 Å². The van der Waals surface area contributed by atoms with Gasteiger partial charge in [-0.05, 0) is 35.0 Å². The highest BCUT2D eigenvalue weighted by Crippen LogP contribution is 2.33. The number of sulfone groups is 1. The summed E-state index contributed by atoms with van der Waals surface area (Å²) in [5.41, 5.74) is 1.78. The Morgan fingerprint density at radius 3 is 2.54 bits per heavy atom. The second-order valence-electron chi connectivity index (χ2n) is 5.61. The third kappa shape index (κ3) is 2.60. The molecule has 4 rings (SSSR count). The minimum absolute atomic E-state index is 0.0974. The molecular formula is C19H15NO2S2. The van der Waals surface area contributed by atoms with Gasteiger partial charge in [-0.3, -0.25) is 0 Å². The Morgan fingerprint density at radius 2 is 1.75 bits per heavy atom. The van der Waals surface area contributed by atoms with E-state index in [1.807, 2.05) is 18.2 Å². The number of hydrogen-bond acceptors (Lipinski definition) is 4. The molecule has 1 aromatic heterocycles. The molecule has 3 aromatic carbocycles. The Hall–Kier alpha value is -2.24. The Kier molecular flexibility index (Phi) is 3.62. The maximum atomic E-state index is 12.0. The van der Waals surface area contributed by atoms with Crippen LogP contribution >= 0.6 is 11.3 Å². The van der Waals surface area contributed by atoms with Crippen LogP contribution in [-0.2, 0) is 9.84 Å². The quantitative estimate of drug-likeness (QED) is 0.526. The van der Waals surface area contributed by atoms with E-state index in [1.165, 1.54) is 10.8 Å². The predicted molar refractivity (Wildman–Crippen MR) is 100 cm³/mol. The van der Waals surface area contributed by atoms with Crippen molar-refractivity contribution in [2.75, 3.05) is 5.75 Å². The van der Waals surface area contributed by atoms with Gasteiger partial charge in [0, 0.05) is 5.56 Å². The van der Waals surface area contributed by atoms with Crippen LogP contribution in [0.25, 0.3) is 31.6 Å². The Bertz CT molecular complexity index is 1160. The SMILES string of the molecule is CCS(=O)(=O)c1ccc2sc(-c3ccc4ccccc4c3)nc2c1. The first-order valence-electron chi connectivity index (χ1n) is 7.69. The summed E-state index contributed by atoms with van der Waals surface area (Å²) in [5.74, 6) is 0.0974. The largest absolute Gasteiger partial charge is 0.236 e. The molecule has 0 bridgehead atoms.